The number of fused-ring (bicyclic) bond motifs is 2. The van der Waals surface area contributed by atoms with Gasteiger partial charge < -0.3 is 15.0 Å². The minimum Gasteiger partial charge on any atom is -0.467 e. The summed E-state index contributed by atoms with van der Waals surface area (Å²) in [5.74, 6) is 0.726. The van der Waals surface area contributed by atoms with Crippen molar-refractivity contribution in [2.24, 2.45) is 13.0 Å². The minimum absolute atomic E-state index is 0.00894. The number of ether oxygens (including phenoxy) is 1. The van der Waals surface area contributed by atoms with Crippen molar-refractivity contribution in [3.8, 4) is 5.19 Å². The molecule has 3 heterocycles. The summed E-state index contributed by atoms with van der Waals surface area (Å²) in [5.41, 5.74) is 1.34. The average Bonchev–Trinajstić information content (AvgIpc) is 3.39. The standard InChI is InChI=1S/C28H38FN5O2S/c1-28(2,29)18-36-27-31-24-12-15-34(16-13-25(24)37-27)14-11-19-7-9-20(10-8-19)30-26(35)21-5-4-6-23-22(21)17-33(3)32-23/h4-6,17,19-20H,7-16,18H2,1-3H3,(H,30,35). The molecule has 0 unspecified atom stereocenters. The first kappa shape index (κ1) is 26.1. The van der Waals surface area contributed by atoms with Gasteiger partial charge in [0.1, 0.15) is 12.3 Å². The smallest absolute Gasteiger partial charge is 0.273 e. The molecule has 0 atom stereocenters. The number of benzene rings is 1. The zero-order chi connectivity index (χ0) is 26.0. The quantitative estimate of drug-likeness (QED) is 0.450. The molecular weight excluding hydrogens is 489 g/mol. The van der Waals surface area contributed by atoms with E-state index < -0.39 is 5.67 Å². The van der Waals surface area contributed by atoms with Gasteiger partial charge in [-0.15, -0.1) is 0 Å². The number of hydrogen-bond donors (Lipinski definition) is 1. The van der Waals surface area contributed by atoms with Gasteiger partial charge in [0.15, 0.2) is 0 Å². The second-order valence-corrected chi connectivity index (χ2v) is 12.3. The van der Waals surface area contributed by atoms with E-state index in [0.717, 1.165) is 80.7 Å². The summed E-state index contributed by atoms with van der Waals surface area (Å²) in [6.45, 7) is 6.24. The minimum atomic E-state index is -1.35. The number of nitrogens with one attached hydrogen (secondary N) is 1. The zero-order valence-corrected chi connectivity index (χ0v) is 23.0. The van der Waals surface area contributed by atoms with Crippen molar-refractivity contribution >= 4 is 28.1 Å². The number of thiazole rings is 1. The van der Waals surface area contributed by atoms with Crippen molar-refractivity contribution in [2.75, 3.05) is 26.2 Å². The predicted octanol–water partition coefficient (Wildman–Crippen LogP) is 4.94. The molecule has 1 saturated carbocycles. The van der Waals surface area contributed by atoms with Crippen molar-refractivity contribution in [3.05, 3.63) is 40.5 Å². The molecule has 0 radical (unpaired) electrons. The van der Waals surface area contributed by atoms with Crippen molar-refractivity contribution in [1.29, 1.82) is 0 Å². The molecule has 0 bridgehead atoms. The van der Waals surface area contributed by atoms with Crippen LogP contribution in [0.3, 0.4) is 0 Å². The van der Waals surface area contributed by atoms with Crippen molar-refractivity contribution in [1.82, 2.24) is 25.0 Å². The molecule has 0 spiro atoms. The molecule has 3 aromatic rings. The fourth-order valence-corrected chi connectivity index (χ4v) is 6.43. The van der Waals surface area contributed by atoms with Crippen LogP contribution in [0.5, 0.6) is 5.19 Å². The number of aryl methyl sites for hydroxylation is 1. The van der Waals surface area contributed by atoms with Crippen LogP contribution in [0.15, 0.2) is 24.4 Å². The van der Waals surface area contributed by atoms with Gasteiger partial charge in [0.05, 0.1) is 16.8 Å². The van der Waals surface area contributed by atoms with Crippen molar-refractivity contribution in [2.45, 2.75) is 70.5 Å². The molecule has 7 nitrogen and oxygen atoms in total. The van der Waals surface area contributed by atoms with Gasteiger partial charge in [0.2, 0.25) is 0 Å². The molecule has 200 valence electrons. The van der Waals surface area contributed by atoms with Gasteiger partial charge in [0.25, 0.3) is 11.1 Å². The Kier molecular flexibility index (Phi) is 7.81. The Hall–Kier alpha value is -2.52. The summed E-state index contributed by atoms with van der Waals surface area (Å²) in [6.07, 6.45) is 9.44. The molecule has 1 aliphatic carbocycles. The van der Waals surface area contributed by atoms with E-state index in [-0.39, 0.29) is 18.6 Å². The highest BCUT2D eigenvalue weighted by molar-refractivity contribution is 7.13. The van der Waals surface area contributed by atoms with E-state index >= 15 is 0 Å². The van der Waals surface area contributed by atoms with Gasteiger partial charge in [-0.1, -0.05) is 17.4 Å². The predicted molar refractivity (Wildman–Crippen MR) is 145 cm³/mol. The van der Waals surface area contributed by atoms with Crippen LogP contribution < -0.4 is 10.1 Å². The molecule has 2 aliphatic rings. The van der Waals surface area contributed by atoms with E-state index in [1.54, 1.807) is 16.0 Å². The van der Waals surface area contributed by atoms with Crippen LogP contribution in [-0.4, -0.2) is 63.5 Å². The van der Waals surface area contributed by atoms with E-state index in [1.165, 1.54) is 25.1 Å². The lowest BCUT2D eigenvalue weighted by Crippen LogP contribution is -2.38. The second kappa shape index (κ2) is 11.1. The number of rotatable bonds is 8. The molecule has 1 aliphatic heterocycles. The molecule has 9 heteroatoms. The van der Waals surface area contributed by atoms with Gasteiger partial charge in [-0.25, -0.2) is 9.37 Å². The number of halogens is 1. The molecular formula is C28H38FN5O2S. The first-order valence-electron chi connectivity index (χ1n) is 13.5. The molecule has 1 aromatic carbocycles. The van der Waals surface area contributed by atoms with E-state index in [4.69, 9.17) is 4.74 Å². The second-order valence-electron chi connectivity index (χ2n) is 11.2. The van der Waals surface area contributed by atoms with Crippen LogP contribution >= 0.6 is 11.3 Å². The van der Waals surface area contributed by atoms with E-state index in [0.29, 0.717) is 10.8 Å². The van der Waals surface area contributed by atoms with Gasteiger partial charge in [-0.2, -0.15) is 5.10 Å². The lowest BCUT2D eigenvalue weighted by Gasteiger charge is -2.30. The van der Waals surface area contributed by atoms with E-state index in [9.17, 15) is 9.18 Å². The third kappa shape index (κ3) is 6.68. The Bertz CT molecular complexity index is 1200. The molecule has 1 amide bonds. The number of hydrogen-bond acceptors (Lipinski definition) is 6. The van der Waals surface area contributed by atoms with Crippen LogP contribution in [0.25, 0.3) is 10.9 Å². The average molecular weight is 528 g/mol. The van der Waals surface area contributed by atoms with Gasteiger partial charge >= 0.3 is 0 Å². The third-order valence-corrected chi connectivity index (χ3v) is 8.63. The fourth-order valence-electron chi connectivity index (χ4n) is 5.49. The first-order valence-corrected chi connectivity index (χ1v) is 14.3. The van der Waals surface area contributed by atoms with Crippen LogP contribution in [0.4, 0.5) is 4.39 Å². The number of aromatic nitrogens is 3. The Labute approximate surface area is 222 Å². The Morgan fingerprint density at radius 2 is 2.00 bits per heavy atom. The first-order chi connectivity index (χ1) is 17.7. The third-order valence-electron chi connectivity index (χ3n) is 7.56. The number of nitrogens with zero attached hydrogens (tertiary/aromatic N) is 4. The SMILES string of the molecule is Cn1cc2c(C(=O)NC3CCC(CCN4CCc5nc(OCC(C)(C)F)sc5CC4)CC3)cccc2n1. The number of amides is 1. The monoisotopic (exact) mass is 527 g/mol. The fraction of sp³-hybridized carbons (Fsp3) is 0.607. The number of alkyl halides is 1. The molecule has 5 rings (SSSR count). The summed E-state index contributed by atoms with van der Waals surface area (Å²) in [4.78, 5) is 21.4. The van der Waals surface area contributed by atoms with Gasteiger partial charge in [-0.05, 0) is 77.0 Å². The summed E-state index contributed by atoms with van der Waals surface area (Å²) in [6, 6.07) is 5.98. The van der Waals surface area contributed by atoms with Crippen LogP contribution in [0.2, 0.25) is 0 Å². The highest BCUT2D eigenvalue weighted by Gasteiger charge is 2.25. The molecule has 37 heavy (non-hydrogen) atoms. The highest BCUT2D eigenvalue weighted by Crippen LogP contribution is 2.31. The molecule has 2 aromatic heterocycles. The lowest BCUT2D eigenvalue weighted by atomic mass is 9.84. The number of carbonyl (C=O) groups is 1. The number of carbonyl (C=O) groups excluding carboxylic acids is 1. The van der Waals surface area contributed by atoms with Crippen molar-refractivity contribution < 1.29 is 13.9 Å². The van der Waals surface area contributed by atoms with Gasteiger partial charge in [0, 0.05) is 49.1 Å². The maximum Gasteiger partial charge on any atom is 0.273 e. The molecule has 1 N–H and O–H groups in total. The normalized spacial score (nSPS) is 21.0. The lowest BCUT2D eigenvalue weighted by molar-refractivity contribution is 0.0921. The molecule has 0 saturated heterocycles. The maximum absolute atomic E-state index is 13.7. The largest absolute Gasteiger partial charge is 0.467 e. The van der Waals surface area contributed by atoms with Crippen LogP contribution in [0, 0.1) is 5.92 Å². The van der Waals surface area contributed by atoms with E-state index in [1.807, 2.05) is 31.4 Å². The van der Waals surface area contributed by atoms with Crippen LogP contribution in [0.1, 0.15) is 66.9 Å². The Morgan fingerprint density at radius 3 is 2.78 bits per heavy atom. The van der Waals surface area contributed by atoms with Gasteiger partial charge in [-0.3, -0.25) is 9.48 Å². The molecule has 1 fully saturated rings. The Morgan fingerprint density at radius 1 is 1.22 bits per heavy atom. The summed E-state index contributed by atoms with van der Waals surface area (Å²) >= 11 is 1.58. The topological polar surface area (TPSA) is 72.3 Å². The van der Waals surface area contributed by atoms with Crippen LogP contribution in [-0.2, 0) is 19.9 Å². The summed E-state index contributed by atoms with van der Waals surface area (Å²) in [5, 5.41) is 9.20. The zero-order valence-electron chi connectivity index (χ0n) is 22.1. The van der Waals surface area contributed by atoms with Crippen molar-refractivity contribution in [3.63, 3.8) is 0 Å². The Balaban J connectivity index is 1.04. The highest BCUT2D eigenvalue weighted by atomic mass is 32.1. The maximum atomic E-state index is 13.7. The summed E-state index contributed by atoms with van der Waals surface area (Å²) < 4.78 is 21.1. The van der Waals surface area contributed by atoms with E-state index in [2.05, 4.69) is 20.3 Å². The summed E-state index contributed by atoms with van der Waals surface area (Å²) in [7, 11) is 1.88.